The van der Waals surface area contributed by atoms with Crippen molar-refractivity contribution in [1.29, 1.82) is 0 Å². The minimum Gasteiger partial charge on any atom is -0.485 e. The molecule has 0 spiro atoms. The fourth-order valence-corrected chi connectivity index (χ4v) is 3.64. The lowest BCUT2D eigenvalue weighted by molar-refractivity contribution is 0.0606. The molecule has 1 unspecified atom stereocenters. The number of nitrogens with zero attached hydrogens (tertiary/aromatic N) is 2. The molecule has 2 aromatic heterocycles. The van der Waals surface area contributed by atoms with Crippen LogP contribution in [0.25, 0.3) is 0 Å². The maximum absolute atomic E-state index is 11.5. The zero-order chi connectivity index (χ0) is 18.8. The van der Waals surface area contributed by atoms with E-state index in [1.807, 2.05) is 37.4 Å². The molecule has 1 aliphatic heterocycles. The number of aromatic nitrogens is 2. The zero-order valence-electron chi connectivity index (χ0n) is 15.0. The Morgan fingerprint density at radius 2 is 2.11 bits per heavy atom. The van der Waals surface area contributed by atoms with E-state index < -0.39 is 5.97 Å². The lowest BCUT2D eigenvalue weighted by atomic mass is 9.98. The maximum atomic E-state index is 11.5. The van der Waals surface area contributed by atoms with E-state index in [4.69, 9.17) is 9.47 Å². The predicted molar refractivity (Wildman–Crippen MR) is 101 cm³/mol. The number of aryl methyl sites for hydroxylation is 2. The van der Waals surface area contributed by atoms with Gasteiger partial charge in [0.25, 0.3) is 5.19 Å². The van der Waals surface area contributed by atoms with Crippen LogP contribution in [0.1, 0.15) is 39.0 Å². The fourth-order valence-electron chi connectivity index (χ4n) is 2.93. The molecule has 0 fully saturated rings. The Kier molecular flexibility index (Phi) is 4.77. The highest BCUT2D eigenvalue weighted by molar-refractivity contribution is 7.15. The first-order valence-corrected chi connectivity index (χ1v) is 9.38. The van der Waals surface area contributed by atoms with Crippen LogP contribution in [-0.4, -0.2) is 23.0 Å². The normalized spacial score (nSPS) is 15.6. The number of thiazole rings is 1. The van der Waals surface area contributed by atoms with Crippen LogP contribution < -0.4 is 9.47 Å². The summed E-state index contributed by atoms with van der Waals surface area (Å²) in [5.41, 5.74) is 3.17. The average Bonchev–Trinajstić information content (AvgIpc) is 3.16. The molecule has 0 amide bonds. The molecule has 1 aliphatic rings. The van der Waals surface area contributed by atoms with E-state index >= 15 is 0 Å². The third-order valence-electron chi connectivity index (χ3n) is 4.36. The van der Waals surface area contributed by atoms with Gasteiger partial charge in [0.15, 0.2) is 0 Å². The van der Waals surface area contributed by atoms with Crippen molar-refractivity contribution < 1.29 is 19.0 Å². The molecule has 0 N–H and O–H groups in total. The van der Waals surface area contributed by atoms with Gasteiger partial charge >= 0.3 is 5.97 Å². The monoisotopic (exact) mass is 382 g/mol. The Balaban J connectivity index is 1.47. The summed E-state index contributed by atoms with van der Waals surface area (Å²) >= 11 is 1.15. The summed E-state index contributed by atoms with van der Waals surface area (Å²) in [6.45, 7) is 1.97. The second-order valence-corrected chi connectivity index (χ2v) is 7.22. The Morgan fingerprint density at radius 1 is 1.22 bits per heavy atom. The standard InChI is InChI=1S/C20H18N2O4S/c1-12-3-4-14(10-21-12)17-7-5-13-9-15(6-8-16(13)26-17)25-20-22-11-18(27-20)19(23)24-2/h3-4,6,8-11,17H,5,7H2,1-2H3. The van der Waals surface area contributed by atoms with E-state index in [-0.39, 0.29) is 6.10 Å². The van der Waals surface area contributed by atoms with Crippen LogP contribution in [0.3, 0.4) is 0 Å². The van der Waals surface area contributed by atoms with Gasteiger partial charge in [0.1, 0.15) is 22.5 Å². The molecule has 0 radical (unpaired) electrons. The van der Waals surface area contributed by atoms with Crippen molar-refractivity contribution >= 4 is 17.3 Å². The molecule has 0 saturated heterocycles. The van der Waals surface area contributed by atoms with Crippen molar-refractivity contribution in [2.45, 2.75) is 25.9 Å². The molecule has 4 rings (SSSR count). The van der Waals surface area contributed by atoms with Crippen molar-refractivity contribution in [1.82, 2.24) is 9.97 Å². The van der Waals surface area contributed by atoms with E-state index in [0.717, 1.165) is 46.7 Å². The van der Waals surface area contributed by atoms with Gasteiger partial charge in [0, 0.05) is 17.5 Å². The Labute approximate surface area is 160 Å². The topological polar surface area (TPSA) is 70.5 Å². The smallest absolute Gasteiger partial charge is 0.349 e. The van der Waals surface area contributed by atoms with Crippen molar-refractivity contribution in [2.24, 2.45) is 0 Å². The Hall–Kier alpha value is -2.93. The number of pyridine rings is 1. The quantitative estimate of drug-likeness (QED) is 0.619. The summed E-state index contributed by atoms with van der Waals surface area (Å²) in [5, 5.41) is 0.399. The van der Waals surface area contributed by atoms with E-state index in [2.05, 4.69) is 20.8 Å². The molecule has 3 heterocycles. The molecule has 3 aromatic rings. The van der Waals surface area contributed by atoms with Crippen LogP contribution in [0, 0.1) is 6.92 Å². The largest absolute Gasteiger partial charge is 0.485 e. The van der Waals surface area contributed by atoms with E-state index in [0.29, 0.717) is 15.8 Å². The summed E-state index contributed by atoms with van der Waals surface area (Å²) in [7, 11) is 1.34. The first kappa shape index (κ1) is 17.5. The third kappa shape index (κ3) is 3.78. The fraction of sp³-hybridized carbons (Fsp3) is 0.250. The highest BCUT2D eigenvalue weighted by Crippen LogP contribution is 2.37. The number of hydrogen-bond donors (Lipinski definition) is 0. The third-order valence-corrected chi connectivity index (χ3v) is 5.21. The van der Waals surface area contributed by atoms with E-state index in [9.17, 15) is 4.79 Å². The van der Waals surface area contributed by atoms with E-state index in [1.54, 1.807) is 0 Å². The van der Waals surface area contributed by atoms with Gasteiger partial charge in [-0.15, -0.1) is 0 Å². The molecule has 0 saturated carbocycles. The average molecular weight is 382 g/mol. The number of rotatable bonds is 4. The van der Waals surface area contributed by atoms with Crippen LogP contribution in [0.4, 0.5) is 0 Å². The summed E-state index contributed by atoms with van der Waals surface area (Å²) in [5.74, 6) is 1.10. The van der Waals surface area contributed by atoms with Crippen molar-refractivity contribution in [2.75, 3.05) is 7.11 Å². The molecule has 1 atom stereocenters. The number of hydrogen-bond acceptors (Lipinski definition) is 7. The predicted octanol–water partition coefficient (Wildman–Crippen LogP) is 4.49. The molecule has 0 aliphatic carbocycles. The van der Waals surface area contributed by atoms with Crippen LogP contribution in [0.15, 0.2) is 42.7 Å². The van der Waals surface area contributed by atoms with Crippen molar-refractivity contribution in [3.05, 3.63) is 64.4 Å². The molecule has 7 heteroatoms. The lowest BCUT2D eigenvalue weighted by Gasteiger charge is -2.26. The van der Waals surface area contributed by atoms with Gasteiger partial charge in [-0.2, -0.15) is 0 Å². The van der Waals surface area contributed by atoms with Crippen LogP contribution in [0.5, 0.6) is 16.7 Å². The SMILES string of the molecule is COC(=O)c1cnc(Oc2ccc3c(c2)CCC(c2ccc(C)nc2)O3)s1. The Morgan fingerprint density at radius 3 is 2.89 bits per heavy atom. The summed E-state index contributed by atoms with van der Waals surface area (Å²) in [6, 6.07) is 9.78. The highest BCUT2D eigenvalue weighted by atomic mass is 32.1. The number of benzene rings is 1. The van der Waals surface area contributed by atoms with Crippen LogP contribution >= 0.6 is 11.3 Å². The van der Waals surface area contributed by atoms with Gasteiger partial charge in [-0.25, -0.2) is 9.78 Å². The van der Waals surface area contributed by atoms with Crippen molar-refractivity contribution in [3.8, 4) is 16.7 Å². The first-order chi connectivity index (χ1) is 13.1. The summed E-state index contributed by atoms with van der Waals surface area (Å²) in [4.78, 5) is 20.4. The zero-order valence-corrected chi connectivity index (χ0v) is 15.8. The second kappa shape index (κ2) is 7.36. The number of ether oxygens (including phenoxy) is 3. The lowest BCUT2D eigenvalue weighted by Crippen LogP contribution is -2.15. The van der Waals surface area contributed by atoms with Gasteiger partial charge in [-0.05, 0) is 49.6 Å². The number of fused-ring (bicyclic) bond motifs is 1. The van der Waals surface area contributed by atoms with Crippen molar-refractivity contribution in [3.63, 3.8) is 0 Å². The molecular weight excluding hydrogens is 364 g/mol. The number of carbonyl (C=O) groups excluding carboxylic acids is 1. The minimum atomic E-state index is -0.419. The van der Waals surface area contributed by atoms with Crippen LogP contribution in [0.2, 0.25) is 0 Å². The number of esters is 1. The van der Waals surface area contributed by atoms with Gasteiger partial charge in [-0.3, -0.25) is 4.98 Å². The maximum Gasteiger partial charge on any atom is 0.349 e. The molecule has 138 valence electrons. The number of methoxy groups -OCH3 is 1. The second-order valence-electron chi connectivity index (χ2n) is 6.23. The molecule has 27 heavy (non-hydrogen) atoms. The van der Waals surface area contributed by atoms with Gasteiger partial charge in [0.05, 0.1) is 13.3 Å². The summed E-state index contributed by atoms with van der Waals surface area (Å²) in [6.07, 6.45) is 5.11. The molecular formula is C20H18N2O4S. The minimum absolute atomic E-state index is 0.0129. The number of carbonyl (C=O) groups is 1. The van der Waals surface area contributed by atoms with Gasteiger partial charge in [0.2, 0.25) is 0 Å². The first-order valence-electron chi connectivity index (χ1n) is 8.56. The highest BCUT2D eigenvalue weighted by Gasteiger charge is 2.22. The van der Waals surface area contributed by atoms with Gasteiger partial charge < -0.3 is 14.2 Å². The molecule has 6 nitrogen and oxygen atoms in total. The van der Waals surface area contributed by atoms with E-state index in [1.165, 1.54) is 13.3 Å². The summed E-state index contributed by atoms with van der Waals surface area (Å²) < 4.78 is 16.6. The molecule has 0 bridgehead atoms. The van der Waals surface area contributed by atoms with Gasteiger partial charge in [-0.1, -0.05) is 17.4 Å². The Bertz CT molecular complexity index is 968. The molecule has 1 aromatic carbocycles. The van der Waals surface area contributed by atoms with Crippen LogP contribution in [-0.2, 0) is 11.2 Å².